The lowest BCUT2D eigenvalue weighted by Gasteiger charge is -2.16. The number of pyridine rings is 4. The van der Waals surface area contributed by atoms with Gasteiger partial charge < -0.3 is 29.6 Å². The highest BCUT2D eigenvalue weighted by Gasteiger charge is 2.22. The van der Waals surface area contributed by atoms with Crippen LogP contribution in [0.2, 0.25) is 0 Å². The molecule has 8 heterocycles. The molecule has 0 unspecified atom stereocenters. The summed E-state index contributed by atoms with van der Waals surface area (Å²) < 4.78 is 26.3. The maximum atomic E-state index is 5.69. The van der Waals surface area contributed by atoms with E-state index in [1.54, 1.807) is 12.4 Å². The molecule has 0 saturated carbocycles. The van der Waals surface area contributed by atoms with Crippen LogP contribution in [0.1, 0.15) is 40.5 Å². The fourth-order valence-corrected chi connectivity index (χ4v) is 6.59. The molecule has 14 nitrogen and oxygen atoms in total. The van der Waals surface area contributed by atoms with Crippen molar-refractivity contribution in [3.63, 3.8) is 0 Å². The van der Waals surface area contributed by atoms with Gasteiger partial charge in [-0.1, -0.05) is 0 Å². The summed E-state index contributed by atoms with van der Waals surface area (Å²) in [6.45, 7) is 13.8. The molecule has 272 valence electrons. The lowest BCUT2D eigenvalue weighted by molar-refractivity contribution is 0.195. The molecule has 0 bridgehead atoms. The van der Waals surface area contributed by atoms with Crippen molar-refractivity contribution in [1.29, 1.82) is 0 Å². The van der Waals surface area contributed by atoms with E-state index in [0.717, 1.165) is 108 Å². The summed E-state index contributed by atoms with van der Waals surface area (Å²) in [6, 6.07) is 12.5. The molecule has 0 radical (unpaired) electrons. The Labute approximate surface area is 302 Å². The second-order valence-electron chi connectivity index (χ2n) is 12.5. The predicted molar refractivity (Wildman–Crippen MR) is 201 cm³/mol. The molecule has 0 aliphatic carbocycles. The van der Waals surface area contributed by atoms with E-state index in [2.05, 4.69) is 56.8 Å². The molecule has 14 heteroatoms. The van der Waals surface area contributed by atoms with Crippen LogP contribution in [0, 0.1) is 0 Å². The Morgan fingerprint density at radius 1 is 0.692 bits per heavy atom. The summed E-state index contributed by atoms with van der Waals surface area (Å²) in [4.78, 5) is 18.3. The van der Waals surface area contributed by atoms with Crippen LogP contribution in [-0.2, 0) is 22.6 Å². The zero-order valence-electron chi connectivity index (χ0n) is 30.2. The maximum absolute atomic E-state index is 5.69. The largest absolute Gasteiger partial charge is 0.477 e. The molecule has 8 rings (SSSR count). The first kappa shape index (κ1) is 35.1. The number of fused-ring (bicyclic) bond motifs is 2. The van der Waals surface area contributed by atoms with Gasteiger partial charge in [0.15, 0.2) is 0 Å². The van der Waals surface area contributed by atoms with Crippen molar-refractivity contribution in [2.45, 2.75) is 65.7 Å². The minimum absolute atomic E-state index is 0.300. The van der Waals surface area contributed by atoms with Crippen molar-refractivity contribution in [1.82, 2.24) is 39.5 Å². The Bertz CT molecular complexity index is 1950. The predicted octanol–water partition coefficient (Wildman–Crippen LogP) is 6.23. The van der Waals surface area contributed by atoms with Crippen LogP contribution in [0.4, 0.5) is 11.4 Å². The van der Waals surface area contributed by atoms with Gasteiger partial charge in [-0.25, -0.2) is 19.9 Å². The van der Waals surface area contributed by atoms with E-state index in [4.69, 9.17) is 28.9 Å². The normalized spacial score (nSPS) is 16.9. The number of anilines is 2. The van der Waals surface area contributed by atoms with Crippen molar-refractivity contribution in [3.8, 4) is 34.3 Å². The Morgan fingerprint density at radius 3 is 1.54 bits per heavy atom. The van der Waals surface area contributed by atoms with E-state index in [1.807, 2.05) is 59.9 Å². The van der Waals surface area contributed by atoms with Gasteiger partial charge in [-0.3, -0.25) is 9.36 Å². The van der Waals surface area contributed by atoms with E-state index in [0.29, 0.717) is 37.1 Å². The summed E-state index contributed by atoms with van der Waals surface area (Å²) >= 11 is 0. The zero-order chi connectivity index (χ0) is 35.9. The van der Waals surface area contributed by atoms with E-state index in [1.165, 1.54) is 0 Å². The van der Waals surface area contributed by atoms with Crippen molar-refractivity contribution >= 4 is 33.4 Å². The first-order valence-electron chi connectivity index (χ1n) is 18.2. The third-order valence-corrected chi connectivity index (χ3v) is 9.03. The highest BCUT2D eigenvalue weighted by molar-refractivity contribution is 5.92. The first-order chi connectivity index (χ1) is 25.6. The topological polar surface area (TPSA) is 148 Å². The summed E-state index contributed by atoms with van der Waals surface area (Å²) in [7, 11) is 0. The number of ether oxygens (including phenoxy) is 4. The molecular weight excluding hydrogens is 660 g/mol. The van der Waals surface area contributed by atoms with Crippen LogP contribution < -0.4 is 20.1 Å². The van der Waals surface area contributed by atoms with E-state index < -0.39 is 0 Å². The van der Waals surface area contributed by atoms with Crippen LogP contribution in [0.3, 0.4) is 0 Å². The van der Waals surface area contributed by atoms with Crippen LogP contribution in [0.5, 0.6) is 11.8 Å². The number of hydrogen-bond donors (Lipinski definition) is 2. The Kier molecular flexibility index (Phi) is 11.0. The van der Waals surface area contributed by atoms with Gasteiger partial charge in [-0.05, 0) is 76.9 Å². The van der Waals surface area contributed by atoms with Crippen LogP contribution in [-0.4, -0.2) is 91.2 Å². The highest BCUT2D eigenvalue weighted by Crippen LogP contribution is 2.35. The Hall–Kier alpha value is -5.34. The van der Waals surface area contributed by atoms with Gasteiger partial charge >= 0.3 is 0 Å². The molecule has 0 aromatic carbocycles. The lowest BCUT2D eigenvalue weighted by Crippen LogP contribution is -2.19. The van der Waals surface area contributed by atoms with Crippen molar-refractivity contribution in [3.05, 3.63) is 61.2 Å². The molecule has 52 heavy (non-hydrogen) atoms. The first-order valence-corrected chi connectivity index (χ1v) is 18.2. The Morgan fingerprint density at radius 2 is 1.15 bits per heavy atom. The number of aryl methyl sites for hydroxylation is 2. The standard InChI is InChI=1S/2C19H23N5O2/c2*1-3-24-18-16(22-13-7-9-25-12-13)10-15(23-17(18)11-21-24)14-6-5-8-20-19(14)26-4-2/h2*5-6,8,10-11,13H,3-4,7,9,12H2,1-2H3,(H,22,23)/t2*13-/m10/s1. The average molecular weight is 707 g/mol. The molecular formula is C38H46N10O4. The number of aromatic nitrogens is 8. The molecule has 2 aliphatic rings. The molecule has 6 aromatic heterocycles. The fraction of sp³-hybridized carbons (Fsp3) is 0.421. The van der Waals surface area contributed by atoms with E-state index in [-0.39, 0.29) is 0 Å². The average Bonchev–Trinajstić information content (AvgIpc) is 4.01. The summed E-state index contributed by atoms with van der Waals surface area (Å²) in [5, 5.41) is 16.2. The molecule has 2 fully saturated rings. The smallest absolute Gasteiger partial charge is 0.222 e. The summed E-state index contributed by atoms with van der Waals surface area (Å²) in [5.74, 6) is 1.19. The van der Waals surface area contributed by atoms with Crippen LogP contribution in [0.15, 0.2) is 61.2 Å². The van der Waals surface area contributed by atoms with Gasteiger partial charge in [-0.2, -0.15) is 10.2 Å². The number of nitrogens with one attached hydrogen (secondary N) is 2. The lowest BCUT2D eigenvalue weighted by atomic mass is 10.1. The third-order valence-electron chi connectivity index (χ3n) is 9.03. The number of hydrogen-bond acceptors (Lipinski definition) is 12. The highest BCUT2D eigenvalue weighted by atomic mass is 16.5. The molecule has 6 aromatic rings. The van der Waals surface area contributed by atoms with Gasteiger partial charge in [0.2, 0.25) is 11.8 Å². The van der Waals surface area contributed by atoms with Crippen LogP contribution >= 0.6 is 0 Å². The second-order valence-corrected chi connectivity index (χ2v) is 12.5. The van der Waals surface area contributed by atoms with Gasteiger partial charge in [0.1, 0.15) is 22.1 Å². The van der Waals surface area contributed by atoms with Gasteiger partial charge in [0, 0.05) is 38.7 Å². The van der Waals surface area contributed by atoms with Crippen LogP contribution in [0.25, 0.3) is 44.6 Å². The number of nitrogens with zero attached hydrogens (tertiary/aromatic N) is 8. The minimum Gasteiger partial charge on any atom is -0.477 e. The van der Waals surface area contributed by atoms with Crippen molar-refractivity contribution < 1.29 is 18.9 Å². The molecule has 2 aliphatic heterocycles. The monoisotopic (exact) mass is 706 g/mol. The molecule has 2 saturated heterocycles. The summed E-state index contributed by atoms with van der Waals surface area (Å²) in [6.07, 6.45) is 9.09. The molecule has 2 N–H and O–H groups in total. The van der Waals surface area contributed by atoms with Gasteiger partial charge in [0.05, 0.1) is 84.8 Å². The third kappa shape index (κ3) is 7.48. The van der Waals surface area contributed by atoms with Gasteiger partial charge in [0.25, 0.3) is 0 Å². The van der Waals surface area contributed by atoms with E-state index >= 15 is 0 Å². The maximum Gasteiger partial charge on any atom is 0.222 e. The quantitative estimate of drug-likeness (QED) is 0.149. The molecule has 0 amide bonds. The molecule has 2 atom stereocenters. The van der Waals surface area contributed by atoms with Crippen molar-refractivity contribution in [2.24, 2.45) is 0 Å². The fourth-order valence-electron chi connectivity index (χ4n) is 6.59. The minimum atomic E-state index is 0.300. The Balaban J connectivity index is 0.000000162. The SMILES string of the molecule is CCOc1ncccc1-c1cc(N[C@@H]2CCOC2)c2c(cnn2CC)n1.CCOc1ncccc1-c1cc(N[C@H]2CCOC2)c2c(cnn2CC)n1. The van der Waals surface area contributed by atoms with Gasteiger partial charge in [-0.15, -0.1) is 0 Å². The zero-order valence-corrected chi connectivity index (χ0v) is 30.2. The molecule has 0 spiro atoms. The van der Waals surface area contributed by atoms with Crippen molar-refractivity contribution in [2.75, 3.05) is 50.3 Å². The number of rotatable bonds is 12. The second kappa shape index (κ2) is 16.3. The van der Waals surface area contributed by atoms with E-state index in [9.17, 15) is 0 Å². The summed E-state index contributed by atoms with van der Waals surface area (Å²) in [5.41, 5.74) is 9.20.